The average Bonchev–Trinajstić information content (AvgIpc) is 2.54. The normalized spacial score (nSPS) is 28.2. The average molecular weight is 165 g/mol. The van der Waals surface area contributed by atoms with Gasteiger partial charge in [0.2, 0.25) is 0 Å². The number of hydrogen-bond donors (Lipinski definition) is 0. The van der Waals surface area contributed by atoms with Gasteiger partial charge in [0, 0.05) is 5.92 Å². The van der Waals surface area contributed by atoms with Crippen molar-refractivity contribution in [1.29, 1.82) is 5.26 Å². The van der Waals surface area contributed by atoms with Gasteiger partial charge < -0.3 is 0 Å². The van der Waals surface area contributed by atoms with E-state index in [1.165, 1.54) is 6.42 Å². The molecule has 0 saturated heterocycles. The Balaban J connectivity index is 2.45. The molecule has 1 heteroatoms. The number of hydrogen-bond acceptors (Lipinski definition) is 1. The molecule has 12 heavy (non-hydrogen) atoms. The molecule has 1 saturated carbocycles. The molecule has 0 bridgehead atoms. The van der Waals surface area contributed by atoms with Crippen molar-refractivity contribution in [2.24, 2.45) is 23.2 Å². The van der Waals surface area contributed by atoms with E-state index in [0.717, 1.165) is 6.42 Å². The van der Waals surface area contributed by atoms with Gasteiger partial charge in [-0.25, -0.2) is 0 Å². The Kier molecular flexibility index (Phi) is 2.46. The quantitative estimate of drug-likeness (QED) is 0.630. The highest BCUT2D eigenvalue weighted by molar-refractivity contribution is 5.05. The minimum absolute atomic E-state index is 0.306. The van der Waals surface area contributed by atoms with Crippen molar-refractivity contribution in [2.45, 2.75) is 40.5 Å². The third-order valence-electron chi connectivity index (χ3n) is 2.97. The first-order valence-electron chi connectivity index (χ1n) is 4.87. The topological polar surface area (TPSA) is 23.8 Å². The summed E-state index contributed by atoms with van der Waals surface area (Å²) in [5.41, 5.74) is 0.454. The minimum atomic E-state index is 0.306. The van der Waals surface area contributed by atoms with E-state index in [4.69, 9.17) is 5.26 Å². The van der Waals surface area contributed by atoms with E-state index in [1.54, 1.807) is 0 Å². The summed E-state index contributed by atoms with van der Waals surface area (Å²) in [6.07, 6.45) is 2.32. The highest BCUT2D eigenvalue weighted by atomic mass is 14.5. The Bertz CT molecular complexity index is 198. The molecule has 68 valence electrons. The second-order valence-electron chi connectivity index (χ2n) is 5.16. The molecular weight excluding hydrogens is 146 g/mol. The van der Waals surface area contributed by atoms with Gasteiger partial charge in [0.15, 0.2) is 0 Å². The van der Waals surface area contributed by atoms with Gasteiger partial charge in [0.25, 0.3) is 0 Å². The van der Waals surface area contributed by atoms with E-state index in [0.29, 0.717) is 23.2 Å². The van der Waals surface area contributed by atoms with Gasteiger partial charge in [0.05, 0.1) is 6.07 Å². The van der Waals surface area contributed by atoms with Crippen LogP contribution in [0.1, 0.15) is 40.5 Å². The second-order valence-corrected chi connectivity index (χ2v) is 5.16. The highest BCUT2D eigenvalue weighted by Crippen LogP contribution is 2.56. The van der Waals surface area contributed by atoms with Gasteiger partial charge in [-0.1, -0.05) is 27.7 Å². The van der Waals surface area contributed by atoms with Gasteiger partial charge in [-0.15, -0.1) is 0 Å². The molecule has 1 fully saturated rings. The van der Waals surface area contributed by atoms with Gasteiger partial charge in [0.1, 0.15) is 0 Å². The largest absolute Gasteiger partial charge is 0.198 e. The monoisotopic (exact) mass is 165 g/mol. The Morgan fingerprint density at radius 1 is 1.50 bits per heavy atom. The predicted molar refractivity (Wildman–Crippen MR) is 50.4 cm³/mol. The Morgan fingerprint density at radius 2 is 2.00 bits per heavy atom. The summed E-state index contributed by atoms with van der Waals surface area (Å²) in [6.45, 7) is 8.92. The van der Waals surface area contributed by atoms with E-state index < -0.39 is 0 Å². The molecule has 0 heterocycles. The molecule has 0 aromatic heterocycles. The second kappa shape index (κ2) is 3.09. The van der Waals surface area contributed by atoms with Crippen LogP contribution in [-0.2, 0) is 0 Å². The first-order valence-corrected chi connectivity index (χ1v) is 4.87. The summed E-state index contributed by atoms with van der Waals surface area (Å²) < 4.78 is 0. The Hall–Kier alpha value is -0.510. The molecule has 0 aliphatic heterocycles. The third-order valence-corrected chi connectivity index (χ3v) is 2.97. The smallest absolute Gasteiger partial charge is 0.0659 e. The number of rotatable bonds is 3. The van der Waals surface area contributed by atoms with Gasteiger partial charge in [-0.3, -0.25) is 0 Å². The van der Waals surface area contributed by atoms with Crippen LogP contribution in [0, 0.1) is 34.5 Å². The first kappa shape index (κ1) is 9.58. The summed E-state index contributed by atoms with van der Waals surface area (Å²) in [5, 5.41) is 8.97. The molecule has 0 amide bonds. The van der Waals surface area contributed by atoms with Gasteiger partial charge >= 0.3 is 0 Å². The van der Waals surface area contributed by atoms with Crippen molar-refractivity contribution in [1.82, 2.24) is 0 Å². The zero-order valence-corrected chi connectivity index (χ0v) is 8.59. The molecule has 0 aromatic carbocycles. The van der Waals surface area contributed by atoms with Crippen LogP contribution in [0.2, 0.25) is 0 Å². The molecule has 0 aromatic rings. The molecular formula is C11H19N. The van der Waals surface area contributed by atoms with Crippen LogP contribution in [-0.4, -0.2) is 0 Å². The fourth-order valence-corrected chi connectivity index (χ4v) is 2.01. The van der Waals surface area contributed by atoms with Crippen LogP contribution < -0.4 is 0 Å². The molecule has 1 rings (SSSR count). The summed E-state index contributed by atoms with van der Waals surface area (Å²) in [5.74, 6) is 1.64. The zero-order chi connectivity index (χ0) is 9.35. The Morgan fingerprint density at radius 3 is 2.25 bits per heavy atom. The van der Waals surface area contributed by atoms with Crippen molar-refractivity contribution in [3.05, 3.63) is 0 Å². The van der Waals surface area contributed by atoms with Crippen LogP contribution in [0.15, 0.2) is 0 Å². The van der Waals surface area contributed by atoms with E-state index >= 15 is 0 Å². The SMILES string of the molecule is CC(C)CC(C#N)C1CC1(C)C. The number of nitrogens with zero attached hydrogens (tertiary/aromatic N) is 1. The first-order chi connectivity index (χ1) is 5.47. The van der Waals surface area contributed by atoms with Crippen LogP contribution in [0.4, 0.5) is 0 Å². The Labute approximate surface area is 75.8 Å². The van der Waals surface area contributed by atoms with Crippen LogP contribution >= 0.6 is 0 Å². The van der Waals surface area contributed by atoms with Crippen molar-refractivity contribution >= 4 is 0 Å². The predicted octanol–water partition coefficient (Wildman–Crippen LogP) is 3.22. The van der Waals surface area contributed by atoms with E-state index in [9.17, 15) is 0 Å². The molecule has 1 aliphatic rings. The highest BCUT2D eigenvalue weighted by Gasteiger charge is 2.50. The van der Waals surface area contributed by atoms with E-state index in [-0.39, 0.29) is 0 Å². The fraction of sp³-hybridized carbons (Fsp3) is 0.909. The van der Waals surface area contributed by atoms with Gasteiger partial charge in [-0.05, 0) is 30.1 Å². The van der Waals surface area contributed by atoms with Crippen LogP contribution in [0.5, 0.6) is 0 Å². The fourth-order valence-electron chi connectivity index (χ4n) is 2.01. The lowest BCUT2D eigenvalue weighted by atomic mass is 9.90. The summed E-state index contributed by atoms with van der Waals surface area (Å²) in [4.78, 5) is 0. The maximum Gasteiger partial charge on any atom is 0.0659 e. The molecule has 0 N–H and O–H groups in total. The van der Waals surface area contributed by atoms with Crippen LogP contribution in [0.3, 0.4) is 0 Å². The molecule has 0 spiro atoms. The van der Waals surface area contributed by atoms with Crippen molar-refractivity contribution in [3.8, 4) is 6.07 Å². The summed E-state index contributed by atoms with van der Waals surface area (Å²) in [7, 11) is 0. The van der Waals surface area contributed by atoms with Crippen molar-refractivity contribution < 1.29 is 0 Å². The molecule has 0 radical (unpaired) electrons. The molecule has 1 aliphatic carbocycles. The number of nitriles is 1. The maximum atomic E-state index is 8.97. The van der Waals surface area contributed by atoms with Crippen molar-refractivity contribution in [2.75, 3.05) is 0 Å². The maximum absolute atomic E-state index is 8.97. The molecule has 1 nitrogen and oxygen atoms in total. The third kappa shape index (κ3) is 2.00. The minimum Gasteiger partial charge on any atom is -0.198 e. The summed E-state index contributed by atoms with van der Waals surface area (Å²) >= 11 is 0. The van der Waals surface area contributed by atoms with Crippen LogP contribution in [0.25, 0.3) is 0 Å². The zero-order valence-electron chi connectivity index (χ0n) is 8.59. The molecule has 2 unspecified atom stereocenters. The lowest BCUT2D eigenvalue weighted by molar-refractivity contribution is 0.394. The lowest BCUT2D eigenvalue weighted by Gasteiger charge is -2.12. The van der Waals surface area contributed by atoms with E-state index in [1.807, 2.05) is 0 Å². The molecule has 2 atom stereocenters. The lowest BCUT2D eigenvalue weighted by Crippen LogP contribution is -2.08. The van der Waals surface area contributed by atoms with Gasteiger partial charge in [-0.2, -0.15) is 5.26 Å². The van der Waals surface area contributed by atoms with Crippen molar-refractivity contribution in [3.63, 3.8) is 0 Å². The van der Waals surface area contributed by atoms with E-state index in [2.05, 4.69) is 33.8 Å². The standard InChI is InChI=1S/C11H19N/c1-8(2)5-9(7-12)10-6-11(10,3)4/h8-10H,5-6H2,1-4H3. The summed E-state index contributed by atoms with van der Waals surface area (Å²) in [6, 6.07) is 2.45.